The van der Waals surface area contributed by atoms with Crippen molar-refractivity contribution >= 4 is 33.2 Å². The molecule has 0 unspecified atom stereocenters. The van der Waals surface area contributed by atoms with Crippen molar-refractivity contribution in [2.24, 2.45) is 0 Å². The van der Waals surface area contributed by atoms with Crippen LogP contribution in [0.1, 0.15) is 16.1 Å². The molecule has 1 N–H and O–H groups in total. The number of carbonyl (C=O) groups is 1. The maximum absolute atomic E-state index is 13.0. The molecule has 3 rings (SSSR count). The number of fused-ring (bicyclic) bond motifs is 1. The Balaban J connectivity index is 1.97. The van der Waals surface area contributed by atoms with Crippen LogP contribution in [0.5, 0.6) is 0 Å². The van der Waals surface area contributed by atoms with E-state index in [0.717, 1.165) is 6.07 Å². The van der Waals surface area contributed by atoms with Gasteiger partial charge in [0.05, 0.1) is 15.7 Å². The molecule has 0 spiro atoms. The van der Waals surface area contributed by atoms with Gasteiger partial charge >= 0.3 is 6.18 Å². The van der Waals surface area contributed by atoms with Gasteiger partial charge in [-0.15, -0.1) is 0 Å². The van der Waals surface area contributed by atoms with Gasteiger partial charge in [-0.05, 0) is 34.1 Å². The normalized spacial score (nSPS) is 11.7. The number of nitrogens with zero attached hydrogens (tertiary/aromatic N) is 3. The number of hydrogen-bond acceptors (Lipinski definition) is 3. The standard InChI is InChI=1S/C14H8BrF3N4O/c15-10-11(21-22-7-3-6-19-12(10)22)13(23)20-9-5-2-1-4-8(9)14(16,17)18/h1-7H,(H,20,23). The lowest BCUT2D eigenvalue weighted by molar-refractivity contribution is -0.136. The van der Waals surface area contributed by atoms with Gasteiger partial charge in [0.2, 0.25) is 0 Å². The van der Waals surface area contributed by atoms with Crippen molar-refractivity contribution in [3.63, 3.8) is 0 Å². The fourth-order valence-electron chi connectivity index (χ4n) is 2.02. The summed E-state index contributed by atoms with van der Waals surface area (Å²) in [6.45, 7) is 0. The number of aromatic nitrogens is 3. The highest BCUT2D eigenvalue weighted by molar-refractivity contribution is 9.10. The highest BCUT2D eigenvalue weighted by Gasteiger charge is 2.34. The Morgan fingerprint density at radius 1 is 1.22 bits per heavy atom. The maximum atomic E-state index is 13.0. The summed E-state index contributed by atoms with van der Waals surface area (Å²) in [4.78, 5) is 16.3. The number of carbonyl (C=O) groups excluding carboxylic acids is 1. The minimum absolute atomic E-state index is 0.0549. The van der Waals surface area contributed by atoms with Crippen molar-refractivity contribution in [2.45, 2.75) is 6.18 Å². The van der Waals surface area contributed by atoms with E-state index < -0.39 is 17.6 Å². The summed E-state index contributed by atoms with van der Waals surface area (Å²) in [5, 5.41) is 6.26. The van der Waals surface area contributed by atoms with Gasteiger partial charge in [-0.3, -0.25) is 4.79 Å². The number of halogens is 4. The molecule has 118 valence electrons. The topological polar surface area (TPSA) is 59.3 Å². The van der Waals surface area contributed by atoms with Crippen molar-refractivity contribution in [3.8, 4) is 0 Å². The lowest BCUT2D eigenvalue weighted by Gasteiger charge is -2.12. The predicted molar refractivity (Wildman–Crippen MR) is 80.1 cm³/mol. The van der Waals surface area contributed by atoms with Crippen molar-refractivity contribution in [3.05, 3.63) is 58.5 Å². The van der Waals surface area contributed by atoms with Crippen molar-refractivity contribution in [1.82, 2.24) is 14.6 Å². The van der Waals surface area contributed by atoms with Gasteiger partial charge in [0.25, 0.3) is 5.91 Å². The number of anilines is 1. The van der Waals surface area contributed by atoms with Gasteiger partial charge in [-0.2, -0.15) is 18.3 Å². The number of para-hydroxylation sites is 1. The average Bonchev–Trinajstić information content (AvgIpc) is 2.84. The molecule has 23 heavy (non-hydrogen) atoms. The molecule has 5 nitrogen and oxygen atoms in total. The van der Waals surface area contributed by atoms with E-state index >= 15 is 0 Å². The van der Waals surface area contributed by atoms with Crippen LogP contribution in [-0.4, -0.2) is 20.5 Å². The second kappa shape index (κ2) is 5.65. The first-order valence-corrected chi connectivity index (χ1v) is 7.13. The highest BCUT2D eigenvalue weighted by Crippen LogP contribution is 2.35. The fourth-order valence-corrected chi connectivity index (χ4v) is 2.57. The summed E-state index contributed by atoms with van der Waals surface area (Å²) >= 11 is 3.19. The molecular formula is C14H8BrF3N4O. The summed E-state index contributed by atoms with van der Waals surface area (Å²) in [7, 11) is 0. The number of nitrogens with one attached hydrogen (secondary N) is 1. The first-order valence-electron chi connectivity index (χ1n) is 6.34. The van der Waals surface area contributed by atoms with E-state index in [1.807, 2.05) is 0 Å². The van der Waals surface area contributed by atoms with E-state index in [1.165, 1.54) is 28.9 Å². The zero-order valence-corrected chi connectivity index (χ0v) is 12.9. The second-order valence-electron chi connectivity index (χ2n) is 4.55. The highest BCUT2D eigenvalue weighted by atomic mass is 79.9. The van der Waals surface area contributed by atoms with Crippen LogP contribution in [0.4, 0.5) is 18.9 Å². The van der Waals surface area contributed by atoms with Gasteiger partial charge in [0.15, 0.2) is 11.3 Å². The largest absolute Gasteiger partial charge is 0.418 e. The van der Waals surface area contributed by atoms with Crippen molar-refractivity contribution in [1.29, 1.82) is 0 Å². The number of rotatable bonds is 2. The molecule has 0 saturated carbocycles. The molecule has 9 heteroatoms. The monoisotopic (exact) mass is 384 g/mol. The molecule has 0 aliphatic carbocycles. The number of hydrogen-bond donors (Lipinski definition) is 1. The molecule has 0 radical (unpaired) electrons. The summed E-state index contributed by atoms with van der Waals surface area (Å²) in [5.41, 5.74) is -0.921. The van der Waals surface area contributed by atoms with Crippen LogP contribution in [0.15, 0.2) is 47.2 Å². The van der Waals surface area contributed by atoms with Crippen LogP contribution in [0, 0.1) is 0 Å². The van der Waals surface area contributed by atoms with E-state index in [2.05, 4.69) is 31.3 Å². The van der Waals surface area contributed by atoms with Crippen LogP contribution < -0.4 is 5.32 Å². The third kappa shape index (κ3) is 2.91. The van der Waals surface area contributed by atoms with E-state index in [9.17, 15) is 18.0 Å². The van der Waals surface area contributed by atoms with Crippen LogP contribution >= 0.6 is 15.9 Å². The lowest BCUT2D eigenvalue weighted by atomic mass is 10.1. The smallest absolute Gasteiger partial charge is 0.320 e. The Morgan fingerprint density at radius 2 is 1.96 bits per heavy atom. The fraction of sp³-hybridized carbons (Fsp3) is 0.0714. The molecule has 0 saturated heterocycles. The van der Waals surface area contributed by atoms with Crippen molar-refractivity contribution < 1.29 is 18.0 Å². The third-order valence-corrected chi connectivity index (χ3v) is 3.77. The van der Waals surface area contributed by atoms with E-state index in [1.54, 1.807) is 12.3 Å². The van der Waals surface area contributed by atoms with Gasteiger partial charge in [0.1, 0.15) is 0 Å². The molecule has 0 bridgehead atoms. The molecule has 0 aliphatic heterocycles. The second-order valence-corrected chi connectivity index (χ2v) is 5.34. The van der Waals surface area contributed by atoms with Gasteiger partial charge < -0.3 is 5.32 Å². The van der Waals surface area contributed by atoms with E-state index in [4.69, 9.17) is 0 Å². The van der Waals surface area contributed by atoms with Crippen LogP contribution in [-0.2, 0) is 6.18 Å². The summed E-state index contributed by atoms with van der Waals surface area (Å²) in [6.07, 6.45) is -1.47. The molecule has 3 aromatic rings. The van der Waals surface area contributed by atoms with E-state index in [-0.39, 0.29) is 11.4 Å². The predicted octanol–water partition coefficient (Wildman–Crippen LogP) is 3.76. The summed E-state index contributed by atoms with van der Waals surface area (Å²) < 4.78 is 40.5. The number of benzene rings is 1. The number of amides is 1. The Kier molecular flexibility index (Phi) is 3.80. The van der Waals surface area contributed by atoms with Crippen molar-refractivity contribution in [2.75, 3.05) is 5.32 Å². The maximum Gasteiger partial charge on any atom is 0.418 e. The van der Waals surface area contributed by atoms with Crippen LogP contribution in [0.25, 0.3) is 5.65 Å². The summed E-state index contributed by atoms with van der Waals surface area (Å²) in [6, 6.07) is 6.36. The Morgan fingerprint density at radius 3 is 2.65 bits per heavy atom. The minimum Gasteiger partial charge on any atom is -0.320 e. The summed E-state index contributed by atoms with van der Waals surface area (Å²) in [5.74, 6) is -0.765. The Labute approximate surface area is 136 Å². The van der Waals surface area contributed by atoms with Gasteiger partial charge in [0, 0.05) is 12.4 Å². The average molecular weight is 385 g/mol. The third-order valence-electron chi connectivity index (χ3n) is 3.03. The molecule has 0 atom stereocenters. The zero-order chi connectivity index (χ0) is 16.6. The number of alkyl halides is 3. The molecular weight excluding hydrogens is 377 g/mol. The molecule has 1 amide bonds. The zero-order valence-electron chi connectivity index (χ0n) is 11.3. The lowest BCUT2D eigenvalue weighted by Crippen LogP contribution is -2.17. The Bertz CT molecular complexity index is 891. The van der Waals surface area contributed by atoms with Crippen LogP contribution in [0.2, 0.25) is 0 Å². The molecule has 2 aromatic heterocycles. The van der Waals surface area contributed by atoms with Gasteiger partial charge in [-0.1, -0.05) is 12.1 Å². The first-order chi connectivity index (χ1) is 10.9. The first kappa shape index (κ1) is 15.5. The molecule has 0 aliphatic rings. The SMILES string of the molecule is O=C(Nc1ccccc1C(F)(F)F)c1nn2cccnc2c1Br. The molecule has 1 aromatic carbocycles. The molecule has 2 heterocycles. The van der Waals surface area contributed by atoms with E-state index in [0.29, 0.717) is 10.1 Å². The van der Waals surface area contributed by atoms with Gasteiger partial charge in [-0.25, -0.2) is 9.50 Å². The molecule has 0 fully saturated rings. The van der Waals surface area contributed by atoms with Crippen LogP contribution in [0.3, 0.4) is 0 Å². The minimum atomic E-state index is -4.57. The Hall–Kier alpha value is -2.42. The quantitative estimate of drug-likeness (QED) is 0.731.